The fourth-order valence-electron chi connectivity index (χ4n) is 2.57. The van der Waals surface area contributed by atoms with E-state index in [-0.39, 0.29) is 0 Å². The fourth-order valence-corrected chi connectivity index (χ4v) is 2.79. The van der Waals surface area contributed by atoms with E-state index < -0.39 is 0 Å². The Bertz CT molecular complexity index is 581. The van der Waals surface area contributed by atoms with E-state index in [1.165, 1.54) is 5.56 Å². The number of aromatic nitrogens is 1. The molecule has 0 bridgehead atoms. The van der Waals surface area contributed by atoms with Crippen molar-refractivity contribution >= 4 is 22.5 Å². The lowest BCUT2D eigenvalue weighted by atomic mass is 10.1. The van der Waals surface area contributed by atoms with Crippen LogP contribution in [0.1, 0.15) is 12.5 Å². The Morgan fingerprint density at radius 2 is 2.21 bits per heavy atom. The minimum atomic E-state index is 0.652. The molecule has 1 aliphatic rings. The second-order valence-corrected chi connectivity index (χ2v) is 5.39. The molecule has 1 aliphatic heterocycles. The third-order valence-electron chi connectivity index (χ3n) is 3.86. The van der Waals surface area contributed by atoms with Crippen molar-refractivity contribution in [1.82, 2.24) is 15.2 Å². The molecule has 3 rings (SSSR count). The number of benzene rings is 1. The quantitative estimate of drug-likeness (QED) is 0.930. The lowest BCUT2D eigenvalue weighted by Gasteiger charge is -2.37. The van der Waals surface area contributed by atoms with E-state index >= 15 is 0 Å². The van der Waals surface area contributed by atoms with Gasteiger partial charge < -0.3 is 5.32 Å². The van der Waals surface area contributed by atoms with Crippen LogP contribution in [0.2, 0.25) is 5.02 Å². The van der Waals surface area contributed by atoms with Gasteiger partial charge in [-0.05, 0) is 30.3 Å². The maximum Gasteiger partial charge on any atom is 0.0761 e. The number of fused-ring (bicyclic) bond motifs is 1. The number of rotatable bonds is 4. The molecule has 100 valence electrons. The number of nitrogens with zero attached hydrogens (tertiary/aromatic N) is 2. The van der Waals surface area contributed by atoms with Gasteiger partial charge in [0, 0.05) is 42.3 Å². The molecule has 1 saturated heterocycles. The van der Waals surface area contributed by atoms with E-state index in [4.69, 9.17) is 11.6 Å². The third kappa shape index (κ3) is 2.46. The Balaban J connectivity index is 1.93. The summed E-state index contributed by atoms with van der Waals surface area (Å²) in [5, 5.41) is 5.15. The molecule has 0 aliphatic carbocycles. The molecular weight excluding hydrogens is 258 g/mol. The van der Waals surface area contributed by atoms with Gasteiger partial charge in [0.2, 0.25) is 0 Å². The van der Waals surface area contributed by atoms with Gasteiger partial charge in [-0.2, -0.15) is 0 Å². The molecule has 4 heteroatoms. The maximum absolute atomic E-state index is 6.24. The van der Waals surface area contributed by atoms with Crippen molar-refractivity contribution in [3.05, 3.63) is 41.0 Å². The first kappa shape index (κ1) is 12.9. The van der Waals surface area contributed by atoms with Crippen LogP contribution in [0.15, 0.2) is 30.5 Å². The van der Waals surface area contributed by atoms with Gasteiger partial charge in [-0.15, -0.1) is 0 Å². The first-order chi connectivity index (χ1) is 9.29. The molecule has 0 unspecified atom stereocenters. The number of pyridine rings is 1. The average Bonchev–Trinajstić information content (AvgIpc) is 2.39. The van der Waals surface area contributed by atoms with Crippen molar-refractivity contribution in [3.63, 3.8) is 0 Å². The van der Waals surface area contributed by atoms with Crippen LogP contribution in [0, 0.1) is 0 Å². The summed E-state index contributed by atoms with van der Waals surface area (Å²) in [6.45, 7) is 6.39. The zero-order valence-electron chi connectivity index (χ0n) is 11.1. The summed E-state index contributed by atoms with van der Waals surface area (Å²) in [5.41, 5.74) is 2.29. The summed E-state index contributed by atoms with van der Waals surface area (Å²) in [4.78, 5) is 7.00. The zero-order valence-corrected chi connectivity index (χ0v) is 11.8. The molecule has 0 radical (unpaired) electrons. The zero-order chi connectivity index (χ0) is 13.2. The van der Waals surface area contributed by atoms with Gasteiger partial charge in [-0.3, -0.25) is 9.88 Å². The second kappa shape index (κ2) is 5.45. The topological polar surface area (TPSA) is 28.2 Å². The molecule has 3 nitrogen and oxygen atoms in total. The van der Waals surface area contributed by atoms with E-state index in [2.05, 4.69) is 28.2 Å². The van der Waals surface area contributed by atoms with Crippen LogP contribution in [-0.4, -0.2) is 35.6 Å². The van der Waals surface area contributed by atoms with Gasteiger partial charge in [0.25, 0.3) is 0 Å². The van der Waals surface area contributed by atoms with Crippen LogP contribution in [0.3, 0.4) is 0 Å². The minimum absolute atomic E-state index is 0.652. The molecular formula is C15H18ClN3. The second-order valence-electron chi connectivity index (χ2n) is 4.98. The number of likely N-dealkylation sites (N-methyl/N-ethyl adjacent to an activating group) is 1. The minimum Gasteiger partial charge on any atom is -0.314 e. The summed E-state index contributed by atoms with van der Waals surface area (Å²) < 4.78 is 0. The maximum atomic E-state index is 6.24. The summed E-state index contributed by atoms with van der Waals surface area (Å²) in [6, 6.07) is 8.71. The van der Waals surface area contributed by atoms with E-state index in [1.54, 1.807) is 0 Å². The molecule has 1 N–H and O–H groups in total. The van der Waals surface area contributed by atoms with Gasteiger partial charge in [-0.25, -0.2) is 0 Å². The smallest absolute Gasteiger partial charge is 0.0761 e. The van der Waals surface area contributed by atoms with Crippen molar-refractivity contribution in [2.75, 3.05) is 19.6 Å². The highest BCUT2D eigenvalue weighted by molar-refractivity contribution is 6.35. The van der Waals surface area contributed by atoms with Crippen molar-refractivity contribution in [2.45, 2.75) is 19.5 Å². The molecule has 0 amide bonds. The van der Waals surface area contributed by atoms with E-state index in [0.29, 0.717) is 6.04 Å². The molecule has 2 aromatic rings. The molecule has 0 spiro atoms. The monoisotopic (exact) mass is 275 g/mol. The molecule has 0 saturated carbocycles. The highest BCUT2D eigenvalue weighted by atomic mass is 35.5. The highest BCUT2D eigenvalue weighted by Crippen LogP contribution is 2.26. The predicted molar refractivity (Wildman–Crippen MR) is 79.5 cm³/mol. The Morgan fingerprint density at radius 3 is 2.89 bits per heavy atom. The first-order valence-corrected chi connectivity index (χ1v) is 7.14. The lowest BCUT2D eigenvalue weighted by molar-refractivity contribution is 0.145. The third-order valence-corrected chi connectivity index (χ3v) is 4.19. The summed E-state index contributed by atoms with van der Waals surface area (Å²) in [5.74, 6) is 0. The van der Waals surface area contributed by atoms with Crippen molar-refractivity contribution in [3.8, 4) is 0 Å². The van der Waals surface area contributed by atoms with Gasteiger partial charge in [-0.1, -0.05) is 24.6 Å². The van der Waals surface area contributed by atoms with E-state index in [9.17, 15) is 0 Å². The molecule has 1 fully saturated rings. The van der Waals surface area contributed by atoms with Crippen LogP contribution in [0.4, 0.5) is 0 Å². The van der Waals surface area contributed by atoms with Gasteiger partial charge in [0.1, 0.15) is 0 Å². The van der Waals surface area contributed by atoms with Crippen LogP contribution in [0.25, 0.3) is 10.9 Å². The van der Waals surface area contributed by atoms with E-state index in [0.717, 1.165) is 42.1 Å². The Kier molecular flexibility index (Phi) is 3.69. The molecule has 2 heterocycles. The predicted octanol–water partition coefficient (Wildman–Crippen LogP) is 2.68. The number of halogens is 1. The van der Waals surface area contributed by atoms with Gasteiger partial charge >= 0.3 is 0 Å². The number of hydrogen-bond donors (Lipinski definition) is 1. The molecule has 1 aromatic heterocycles. The highest BCUT2D eigenvalue weighted by Gasteiger charge is 2.23. The summed E-state index contributed by atoms with van der Waals surface area (Å²) >= 11 is 6.24. The van der Waals surface area contributed by atoms with Gasteiger partial charge in [0.05, 0.1) is 5.52 Å². The normalized spacial score (nSPS) is 15.9. The van der Waals surface area contributed by atoms with Crippen LogP contribution in [0.5, 0.6) is 0 Å². The fraction of sp³-hybridized carbons (Fsp3) is 0.400. The Labute approximate surface area is 118 Å². The van der Waals surface area contributed by atoms with E-state index in [1.807, 2.05) is 24.4 Å². The average molecular weight is 276 g/mol. The van der Waals surface area contributed by atoms with Crippen LogP contribution >= 0.6 is 11.6 Å². The molecule has 19 heavy (non-hydrogen) atoms. The van der Waals surface area contributed by atoms with Crippen molar-refractivity contribution in [1.29, 1.82) is 0 Å². The largest absolute Gasteiger partial charge is 0.314 e. The summed E-state index contributed by atoms with van der Waals surface area (Å²) in [7, 11) is 0. The van der Waals surface area contributed by atoms with Crippen molar-refractivity contribution in [2.24, 2.45) is 0 Å². The molecule has 1 aromatic carbocycles. The Hall–Kier alpha value is -1.16. The molecule has 0 atom stereocenters. The first-order valence-electron chi connectivity index (χ1n) is 6.76. The van der Waals surface area contributed by atoms with Crippen LogP contribution in [-0.2, 0) is 6.54 Å². The number of nitrogens with one attached hydrogen (secondary N) is 1. The lowest BCUT2D eigenvalue weighted by Crippen LogP contribution is -2.56. The number of hydrogen-bond acceptors (Lipinski definition) is 3. The SMILES string of the molecule is CCN(Cc1ccc(Cl)c2cccnc12)C1CNC1. The summed E-state index contributed by atoms with van der Waals surface area (Å²) in [6.07, 6.45) is 1.84. The Morgan fingerprint density at radius 1 is 1.37 bits per heavy atom. The van der Waals surface area contributed by atoms with Gasteiger partial charge in [0.15, 0.2) is 0 Å². The van der Waals surface area contributed by atoms with Crippen LogP contribution < -0.4 is 5.32 Å². The standard InChI is InChI=1S/C15H18ClN3/c1-2-19(12-8-17-9-12)10-11-5-6-14(16)13-4-3-7-18-15(11)13/h3-7,12,17H,2,8-10H2,1H3. The van der Waals surface area contributed by atoms with Crippen molar-refractivity contribution < 1.29 is 0 Å².